The lowest BCUT2D eigenvalue weighted by Crippen LogP contribution is -2.47. The van der Waals surface area contributed by atoms with Gasteiger partial charge in [0.2, 0.25) is 0 Å². The summed E-state index contributed by atoms with van der Waals surface area (Å²) in [6, 6.07) is 4.75. The van der Waals surface area contributed by atoms with Crippen LogP contribution in [0.25, 0.3) is 0 Å². The number of benzene rings is 1. The zero-order valence-corrected chi connectivity index (χ0v) is 15.4. The molecule has 0 amide bonds. The number of aryl methyl sites for hydroxylation is 1. The van der Waals surface area contributed by atoms with Crippen LogP contribution in [0.15, 0.2) is 21.1 Å². The third kappa shape index (κ3) is 3.63. The number of hydrogen-bond acceptors (Lipinski definition) is 3. The molecule has 116 valence electrons. The second kappa shape index (κ2) is 6.57. The molecule has 3 rings (SSSR count). The summed E-state index contributed by atoms with van der Waals surface area (Å²) in [6.45, 7) is 4.58. The van der Waals surface area contributed by atoms with Crippen molar-refractivity contribution in [3.8, 4) is 0 Å². The summed E-state index contributed by atoms with van der Waals surface area (Å²) < 4.78 is 13.8. The Balaban J connectivity index is 1.73. The Bertz CT molecular complexity index is 486. The molecule has 21 heavy (non-hydrogen) atoms. The molecule has 0 aromatic heterocycles. The molecule has 1 atom stereocenters. The quantitative estimate of drug-likeness (QED) is 0.757. The molecule has 1 unspecified atom stereocenters. The molecule has 3 nitrogen and oxygen atoms in total. The predicted molar refractivity (Wildman–Crippen MR) is 92.0 cm³/mol. The first-order chi connectivity index (χ1) is 10.1. The van der Waals surface area contributed by atoms with Crippen molar-refractivity contribution >= 4 is 37.5 Å². The molecule has 2 saturated heterocycles. The van der Waals surface area contributed by atoms with Gasteiger partial charge in [-0.15, -0.1) is 0 Å². The molecule has 0 bridgehead atoms. The zero-order chi connectivity index (χ0) is 14.9. The SMILES string of the molecule is Cc1cc(Br)c(NC2CCOC3(CCOCC3)C2)c(Br)c1. The fourth-order valence-electron chi connectivity index (χ4n) is 3.28. The monoisotopic (exact) mass is 417 g/mol. The number of nitrogens with one attached hydrogen (secondary N) is 1. The lowest BCUT2D eigenvalue weighted by atomic mass is 9.84. The number of ether oxygens (including phenoxy) is 2. The van der Waals surface area contributed by atoms with E-state index in [2.05, 4.69) is 56.2 Å². The second-order valence-corrected chi connectivity index (χ2v) is 7.79. The molecule has 0 saturated carbocycles. The minimum absolute atomic E-state index is 0.0256. The van der Waals surface area contributed by atoms with Crippen LogP contribution in [-0.4, -0.2) is 31.5 Å². The molecule has 1 aromatic rings. The first-order valence-corrected chi connectivity index (χ1v) is 9.10. The molecule has 1 aromatic carbocycles. The summed E-state index contributed by atoms with van der Waals surface area (Å²) in [5, 5.41) is 3.70. The maximum absolute atomic E-state index is 6.11. The van der Waals surface area contributed by atoms with E-state index in [1.165, 1.54) is 5.56 Å². The fraction of sp³-hybridized carbons (Fsp3) is 0.625. The lowest BCUT2D eigenvalue weighted by molar-refractivity contribution is -0.135. The third-order valence-electron chi connectivity index (χ3n) is 4.43. The van der Waals surface area contributed by atoms with Gasteiger partial charge in [-0.2, -0.15) is 0 Å². The van der Waals surface area contributed by atoms with Crippen molar-refractivity contribution in [1.29, 1.82) is 0 Å². The van der Waals surface area contributed by atoms with Crippen LogP contribution in [0.4, 0.5) is 5.69 Å². The normalized spacial score (nSPS) is 25.0. The molecule has 0 radical (unpaired) electrons. The van der Waals surface area contributed by atoms with Crippen molar-refractivity contribution in [3.63, 3.8) is 0 Å². The van der Waals surface area contributed by atoms with E-state index >= 15 is 0 Å². The summed E-state index contributed by atoms with van der Waals surface area (Å²) in [5.74, 6) is 0. The van der Waals surface area contributed by atoms with E-state index in [0.29, 0.717) is 6.04 Å². The Hall–Kier alpha value is -0.100. The van der Waals surface area contributed by atoms with Gasteiger partial charge in [-0.25, -0.2) is 0 Å². The number of rotatable bonds is 2. The predicted octanol–water partition coefficient (Wildman–Crippen LogP) is 4.66. The average molecular weight is 419 g/mol. The van der Waals surface area contributed by atoms with Crippen LogP contribution in [0.3, 0.4) is 0 Å². The van der Waals surface area contributed by atoms with E-state index in [-0.39, 0.29) is 5.60 Å². The van der Waals surface area contributed by atoms with Gasteiger partial charge in [0.25, 0.3) is 0 Å². The van der Waals surface area contributed by atoms with Crippen molar-refractivity contribution in [2.24, 2.45) is 0 Å². The van der Waals surface area contributed by atoms with Gasteiger partial charge in [0.15, 0.2) is 0 Å². The molecule has 1 N–H and O–H groups in total. The van der Waals surface area contributed by atoms with E-state index in [1.807, 2.05) is 0 Å². The van der Waals surface area contributed by atoms with Crippen LogP contribution in [0.1, 0.15) is 31.2 Å². The highest BCUT2D eigenvalue weighted by molar-refractivity contribution is 9.11. The van der Waals surface area contributed by atoms with Crippen LogP contribution in [0, 0.1) is 6.92 Å². The van der Waals surface area contributed by atoms with Crippen molar-refractivity contribution < 1.29 is 9.47 Å². The summed E-state index contributed by atoms with van der Waals surface area (Å²) in [4.78, 5) is 0. The Labute approximate surface area is 143 Å². The molecule has 2 heterocycles. The van der Waals surface area contributed by atoms with Crippen LogP contribution in [-0.2, 0) is 9.47 Å². The maximum atomic E-state index is 6.11. The average Bonchev–Trinajstić information content (AvgIpc) is 2.44. The molecule has 5 heteroatoms. The van der Waals surface area contributed by atoms with E-state index in [1.54, 1.807) is 0 Å². The van der Waals surface area contributed by atoms with E-state index in [0.717, 1.165) is 60.1 Å². The van der Waals surface area contributed by atoms with Crippen LogP contribution in [0.2, 0.25) is 0 Å². The summed E-state index contributed by atoms with van der Waals surface area (Å²) >= 11 is 7.34. The summed E-state index contributed by atoms with van der Waals surface area (Å²) in [5.41, 5.74) is 2.42. The number of anilines is 1. The highest BCUT2D eigenvalue weighted by atomic mass is 79.9. The molecule has 2 aliphatic rings. The zero-order valence-electron chi connectivity index (χ0n) is 12.3. The van der Waals surface area contributed by atoms with Crippen molar-refractivity contribution in [2.75, 3.05) is 25.1 Å². The van der Waals surface area contributed by atoms with Gasteiger partial charge in [0, 0.05) is 34.8 Å². The molecular formula is C16H21Br2NO2. The fourth-order valence-corrected chi connectivity index (χ4v) is 4.93. The van der Waals surface area contributed by atoms with Gasteiger partial charge >= 0.3 is 0 Å². The molecule has 2 fully saturated rings. The molecule has 1 spiro atoms. The standard InChI is InChI=1S/C16H21Br2NO2/c1-11-8-13(17)15(14(18)9-11)19-12-2-5-21-16(10-12)3-6-20-7-4-16/h8-9,12,19H,2-7,10H2,1H3. The first kappa shape index (κ1) is 15.8. The summed E-state index contributed by atoms with van der Waals surface area (Å²) in [7, 11) is 0. The highest BCUT2D eigenvalue weighted by Crippen LogP contribution is 2.38. The van der Waals surface area contributed by atoms with Gasteiger partial charge < -0.3 is 14.8 Å². The van der Waals surface area contributed by atoms with Gasteiger partial charge in [-0.1, -0.05) is 0 Å². The smallest absolute Gasteiger partial charge is 0.0745 e. The van der Waals surface area contributed by atoms with Crippen molar-refractivity contribution in [1.82, 2.24) is 0 Å². The Kier molecular flexibility index (Phi) is 4.94. The van der Waals surface area contributed by atoms with E-state index in [4.69, 9.17) is 9.47 Å². The number of hydrogen-bond donors (Lipinski definition) is 1. The van der Waals surface area contributed by atoms with Crippen LogP contribution >= 0.6 is 31.9 Å². The maximum Gasteiger partial charge on any atom is 0.0745 e. The van der Waals surface area contributed by atoms with Crippen LogP contribution in [0.5, 0.6) is 0 Å². The minimum Gasteiger partial charge on any atom is -0.381 e. The third-order valence-corrected chi connectivity index (χ3v) is 5.68. The van der Waals surface area contributed by atoms with Gasteiger partial charge in [0.05, 0.1) is 11.3 Å². The highest BCUT2D eigenvalue weighted by Gasteiger charge is 2.39. The lowest BCUT2D eigenvalue weighted by Gasteiger charge is -2.43. The van der Waals surface area contributed by atoms with Crippen molar-refractivity contribution in [2.45, 2.75) is 44.2 Å². The minimum atomic E-state index is 0.0256. The Morgan fingerprint density at radius 2 is 1.81 bits per heavy atom. The van der Waals surface area contributed by atoms with Crippen molar-refractivity contribution in [3.05, 3.63) is 26.6 Å². The largest absolute Gasteiger partial charge is 0.381 e. The molecular weight excluding hydrogens is 398 g/mol. The second-order valence-electron chi connectivity index (χ2n) is 6.08. The Morgan fingerprint density at radius 1 is 1.14 bits per heavy atom. The summed E-state index contributed by atoms with van der Waals surface area (Å²) in [6.07, 6.45) is 4.14. The van der Waals surface area contributed by atoms with E-state index < -0.39 is 0 Å². The topological polar surface area (TPSA) is 30.5 Å². The molecule has 2 aliphatic heterocycles. The molecule has 0 aliphatic carbocycles. The van der Waals surface area contributed by atoms with Gasteiger partial charge in [-0.3, -0.25) is 0 Å². The van der Waals surface area contributed by atoms with E-state index in [9.17, 15) is 0 Å². The first-order valence-electron chi connectivity index (χ1n) is 7.52. The van der Waals surface area contributed by atoms with Crippen LogP contribution < -0.4 is 5.32 Å². The van der Waals surface area contributed by atoms with Gasteiger partial charge in [0.1, 0.15) is 0 Å². The number of halogens is 2. The van der Waals surface area contributed by atoms with Gasteiger partial charge in [-0.05, 0) is 82.2 Å². The Morgan fingerprint density at radius 3 is 2.48 bits per heavy atom.